The number of nitrogens with zero attached hydrogens (tertiary/aromatic N) is 1. The normalized spacial score (nSPS) is 15.1. The highest BCUT2D eigenvalue weighted by atomic mass is 16.6. The fourth-order valence-electron chi connectivity index (χ4n) is 4.70. The molecule has 9 nitrogen and oxygen atoms in total. The summed E-state index contributed by atoms with van der Waals surface area (Å²) in [6.07, 6.45) is -0.240. The smallest absolute Gasteiger partial charge is 0.411 e. The van der Waals surface area contributed by atoms with Crippen molar-refractivity contribution in [2.75, 3.05) is 7.11 Å². The number of hydrogen-bond acceptors (Lipinski definition) is 7. The Morgan fingerprint density at radius 2 is 1.52 bits per heavy atom. The maximum atomic E-state index is 13.7. The number of rotatable bonds is 8. The van der Waals surface area contributed by atoms with Gasteiger partial charge in [-0.1, -0.05) is 66.7 Å². The van der Waals surface area contributed by atoms with Gasteiger partial charge in [0.1, 0.15) is 24.3 Å². The van der Waals surface area contributed by atoms with E-state index in [2.05, 4.69) is 5.32 Å². The monoisotopic (exact) mass is 572 g/mol. The van der Waals surface area contributed by atoms with Crippen molar-refractivity contribution in [3.05, 3.63) is 107 Å². The molecule has 9 heteroatoms. The van der Waals surface area contributed by atoms with Gasteiger partial charge in [-0.3, -0.25) is 9.69 Å². The van der Waals surface area contributed by atoms with Crippen LogP contribution < -0.4 is 5.32 Å². The maximum Gasteiger partial charge on any atom is 0.411 e. The highest BCUT2D eigenvalue weighted by Crippen LogP contribution is 2.25. The van der Waals surface area contributed by atoms with Gasteiger partial charge in [-0.15, -0.1) is 0 Å². The Bertz CT molecular complexity index is 1410. The lowest BCUT2D eigenvalue weighted by Gasteiger charge is -2.35. The minimum Gasteiger partial charge on any atom is -0.467 e. The van der Waals surface area contributed by atoms with Gasteiger partial charge in [0.15, 0.2) is 0 Å². The third-order valence-corrected chi connectivity index (χ3v) is 6.82. The Hall–Kier alpha value is -4.66. The number of ether oxygens (including phenoxy) is 3. The third kappa shape index (κ3) is 7.96. The van der Waals surface area contributed by atoms with E-state index in [1.54, 1.807) is 45.0 Å². The van der Waals surface area contributed by atoms with Crippen molar-refractivity contribution in [1.29, 1.82) is 0 Å². The molecule has 4 rings (SSSR count). The predicted molar refractivity (Wildman–Crippen MR) is 155 cm³/mol. The van der Waals surface area contributed by atoms with Crippen LogP contribution in [-0.2, 0) is 49.8 Å². The molecule has 0 aromatic heterocycles. The molecule has 3 aromatic rings. The zero-order valence-electron chi connectivity index (χ0n) is 24.3. The van der Waals surface area contributed by atoms with Crippen molar-refractivity contribution < 1.29 is 33.4 Å². The van der Waals surface area contributed by atoms with E-state index in [-0.39, 0.29) is 26.0 Å². The van der Waals surface area contributed by atoms with E-state index in [9.17, 15) is 19.2 Å². The molecule has 2 amide bonds. The molecule has 42 heavy (non-hydrogen) atoms. The van der Waals surface area contributed by atoms with Gasteiger partial charge in [-0.05, 0) is 55.2 Å². The minimum absolute atomic E-state index is 0.0657. The number of carbonyl (C=O) groups excluding carboxylic acids is 4. The number of nitrogens with one attached hydrogen (secondary N) is 1. The molecule has 0 saturated heterocycles. The van der Waals surface area contributed by atoms with E-state index < -0.39 is 41.6 Å². The molecule has 0 aliphatic carbocycles. The lowest BCUT2D eigenvalue weighted by molar-refractivity contribution is -0.145. The van der Waals surface area contributed by atoms with Crippen molar-refractivity contribution in [2.45, 2.75) is 64.4 Å². The molecule has 1 aliphatic heterocycles. The number of esters is 2. The van der Waals surface area contributed by atoms with Gasteiger partial charge in [0.25, 0.3) is 0 Å². The summed E-state index contributed by atoms with van der Waals surface area (Å²) in [6.45, 7) is 5.63. The molecule has 0 radical (unpaired) electrons. The molecule has 0 unspecified atom stereocenters. The van der Waals surface area contributed by atoms with E-state index in [0.717, 1.165) is 16.7 Å². The first kappa shape index (κ1) is 30.3. The van der Waals surface area contributed by atoms with Gasteiger partial charge in [-0.2, -0.15) is 0 Å². The summed E-state index contributed by atoms with van der Waals surface area (Å²) >= 11 is 0. The Kier molecular flexibility index (Phi) is 9.62. The highest BCUT2D eigenvalue weighted by Gasteiger charge is 2.37. The standard InChI is InChI=1S/C33H36N2O7/c1-33(2,3)42-30(37)24-16-14-22(15-17-24)18-27(31(38)40-4)34-29(36)28-19-25-12-8-9-13-26(25)20-35(28)32(39)41-21-23-10-6-5-7-11-23/h5-17,27-28H,18-21H2,1-4H3,(H,34,36)/t27-,28+/m1/s1. The average molecular weight is 573 g/mol. The molecule has 0 saturated carbocycles. The summed E-state index contributed by atoms with van der Waals surface area (Å²) in [6, 6.07) is 21.6. The van der Waals surface area contributed by atoms with E-state index in [1.165, 1.54) is 12.0 Å². The van der Waals surface area contributed by atoms with Crippen molar-refractivity contribution in [2.24, 2.45) is 0 Å². The zero-order valence-corrected chi connectivity index (χ0v) is 24.3. The van der Waals surface area contributed by atoms with Crippen LogP contribution in [-0.4, -0.2) is 53.6 Å². The number of amides is 2. The second kappa shape index (κ2) is 13.3. The van der Waals surface area contributed by atoms with Crippen LogP contribution in [0.3, 0.4) is 0 Å². The number of benzene rings is 3. The number of carbonyl (C=O) groups is 4. The van der Waals surface area contributed by atoms with Crippen LogP contribution in [0.2, 0.25) is 0 Å². The second-order valence-corrected chi connectivity index (χ2v) is 11.1. The lowest BCUT2D eigenvalue weighted by atomic mass is 9.93. The van der Waals surface area contributed by atoms with E-state index in [1.807, 2.05) is 54.6 Å². The molecule has 2 atom stereocenters. The van der Waals surface area contributed by atoms with Gasteiger partial charge in [0.2, 0.25) is 5.91 Å². The van der Waals surface area contributed by atoms with Crippen LogP contribution in [0.4, 0.5) is 4.79 Å². The van der Waals surface area contributed by atoms with Crippen molar-refractivity contribution in [3.63, 3.8) is 0 Å². The van der Waals surface area contributed by atoms with Gasteiger partial charge in [0, 0.05) is 12.8 Å². The molecular formula is C33H36N2O7. The molecule has 0 spiro atoms. The summed E-state index contributed by atoms with van der Waals surface area (Å²) < 4.78 is 15.9. The third-order valence-electron chi connectivity index (χ3n) is 6.82. The summed E-state index contributed by atoms with van der Waals surface area (Å²) in [7, 11) is 1.25. The van der Waals surface area contributed by atoms with E-state index >= 15 is 0 Å². The molecule has 220 valence electrons. The SMILES string of the molecule is COC(=O)[C@@H](Cc1ccc(C(=O)OC(C)(C)C)cc1)NC(=O)[C@@H]1Cc2ccccc2CN1C(=O)OCc1ccccc1. The Labute approximate surface area is 245 Å². The van der Waals surface area contributed by atoms with Crippen LogP contribution in [0.15, 0.2) is 78.9 Å². The molecule has 1 N–H and O–H groups in total. The number of fused-ring (bicyclic) bond motifs is 1. The van der Waals surface area contributed by atoms with Crippen molar-refractivity contribution >= 4 is 23.9 Å². The minimum atomic E-state index is -1.02. The Morgan fingerprint density at radius 3 is 2.17 bits per heavy atom. The van der Waals surface area contributed by atoms with Gasteiger partial charge < -0.3 is 19.5 Å². The molecule has 1 aliphatic rings. The molecule has 0 bridgehead atoms. The topological polar surface area (TPSA) is 111 Å². The molecular weight excluding hydrogens is 536 g/mol. The average Bonchev–Trinajstić information content (AvgIpc) is 2.98. The Morgan fingerprint density at radius 1 is 0.881 bits per heavy atom. The number of methoxy groups -OCH3 is 1. The van der Waals surface area contributed by atoms with Gasteiger partial charge >= 0.3 is 18.0 Å². The number of hydrogen-bond donors (Lipinski definition) is 1. The maximum absolute atomic E-state index is 13.7. The zero-order chi connectivity index (χ0) is 30.3. The quantitative estimate of drug-likeness (QED) is 0.310. The lowest BCUT2D eigenvalue weighted by Crippen LogP contribution is -2.56. The first-order chi connectivity index (χ1) is 20.0. The van der Waals surface area contributed by atoms with Crippen LogP contribution in [0.5, 0.6) is 0 Å². The molecule has 1 heterocycles. The largest absolute Gasteiger partial charge is 0.467 e. The Balaban J connectivity index is 1.49. The second-order valence-electron chi connectivity index (χ2n) is 11.1. The summed E-state index contributed by atoms with van der Waals surface area (Å²) in [5, 5.41) is 2.79. The summed E-state index contributed by atoms with van der Waals surface area (Å²) in [5.41, 5.74) is 3.14. The predicted octanol–water partition coefficient (Wildman–Crippen LogP) is 4.61. The molecule has 0 fully saturated rings. The van der Waals surface area contributed by atoms with Gasteiger partial charge in [-0.25, -0.2) is 14.4 Å². The van der Waals surface area contributed by atoms with E-state index in [0.29, 0.717) is 11.1 Å². The summed E-state index contributed by atoms with van der Waals surface area (Å²) in [5.74, 6) is -1.58. The summed E-state index contributed by atoms with van der Waals surface area (Å²) in [4.78, 5) is 53.4. The van der Waals surface area contributed by atoms with E-state index in [4.69, 9.17) is 14.2 Å². The molecule has 3 aromatic carbocycles. The van der Waals surface area contributed by atoms with Gasteiger partial charge in [0.05, 0.1) is 19.2 Å². The fraction of sp³-hybridized carbons (Fsp3) is 0.333. The fourth-order valence-corrected chi connectivity index (χ4v) is 4.70. The van der Waals surface area contributed by atoms with Crippen LogP contribution in [0.1, 0.15) is 53.4 Å². The van der Waals surface area contributed by atoms with Crippen molar-refractivity contribution in [1.82, 2.24) is 10.2 Å². The highest BCUT2D eigenvalue weighted by molar-refractivity contribution is 5.91. The van der Waals surface area contributed by atoms with Crippen LogP contribution >= 0.6 is 0 Å². The van der Waals surface area contributed by atoms with Crippen LogP contribution in [0.25, 0.3) is 0 Å². The first-order valence-corrected chi connectivity index (χ1v) is 13.8. The van der Waals surface area contributed by atoms with Crippen LogP contribution in [0, 0.1) is 0 Å². The first-order valence-electron chi connectivity index (χ1n) is 13.8. The van der Waals surface area contributed by atoms with Crippen molar-refractivity contribution in [3.8, 4) is 0 Å².